The molecule has 0 aromatic heterocycles. The molecule has 0 unspecified atom stereocenters. The number of nitrogens with one attached hydrogen (secondary N) is 1. The zero-order valence-electron chi connectivity index (χ0n) is 11.6. The smallest absolute Gasteiger partial charge is 0.211 e. The fourth-order valence-corrected chi connectivity index (χ4v) is 2.82. The highest BCUT2D eigenvalue weighted by Gasteiger charge is 2.32. The minimum atomic E-state index is -2.99. The van der Waals surface area contributed by atoms with Gasteiger partial charge >= 0.3 is 0 Å². The predicted octanol–water partition coefficient (Wildman–Crippen LogP) is 1.14. The van der Waals surface area contributed by atoms with E-state index in [0.29, 0.717) is 24.7 Å². The van der Waals surface area contributed by atoms with Crippen LogP contribution in [0.15, 0.2) is 11.8 Å². The molecule has 5 nitrogen and oxygen atoms in total. The third-order valence-electron chi connectivity index (χ3n) is 3.29. The summed E-state index contributed by atoms with van der Waals surface area (Å²) in [5.41, 5.74) is 1.54. The second-order valence-corrected chi connectivity index (χ2v) is 7.13. The Labute approximate surface area is 110 Å². The zero-order valence-corrected chi connectivity index (χ0v) is 12.4. The first-order chi connectivity index (χ1) is 8.20. The average Bonchev–Trinajstić information content (AvgIpc) is 2.12. The molecular formula is C12H23N3O2S. The topological polar surface area (TPSA) is 64.5 Å². The van der Waals surface area contributed by atoms with Crippen LogP contribution in [-0.2, 0) is 10.0 Å². The maximum Gasteiger partial charge on any atom is 0.211 e. The monoisotopic (exact) mass is 273 g/mol. The SMILES string of the molecule is CC(=N)/C(C)=C/N(C)CCC1CN(S(C)(=O)=O)C1. The molecule has 0 aliphatic carbocycles. The fraction of sp³-hybridized carbons (Fsp3) is 0.750. The van der Waals surface area contributed by atoms with Crippen molar-refractivity contribution in [3.05, 3.63) is 11.8 Å². The molecule has 0 aromatic rings. The summed E-state index contributed by atoms with van der Waals surface area (Å²) in [6.45, 7) is 5.90. The van der Waals surface area contributed by atoms with Crippen molar-refractivity contribution in [2.75, 3.05) is 32.9 Å². The Hall–Kier alpha value is -0.880. The summed E-state index contributed by atoms with van der Waals surface area (Å²) in [6.07, 6.45) is 4.22. The summed E-state index contributed by atoms with van der Waals surface area (Å²) < 4.78 is 23.9. The van der Waals surface area contributed by atoms with Gasteiger partial charge in [0.1, 0.15) is 0 Å². The third-order valence-corrected chi connectivity index (χ3v) is 4.52. The molecule has 0 amide bonds. The molecule has 104 valence electrons. The molecule has 0 radical (unpaired) electrons. The summed E-state index contributed by atoms with van der Waals surface area (Å²) in [6, 6.07) is 0. The molecule has 0 saturated carbocycles. The largest absolute Gasteiger partial charge is 0.380 e. The van der Waals surface area contributed by atoms with Crippen molar-refractivity contribution in [1.82, 2.24) is 9.21 Å². The van der Waals surface area contributed by atoms with Gasteiger partial charge in [0.25, 0.3) is 0 Å². The number of hydrogen-bond acceptors (Lipinski definition) is 4. The Morgan fingerprint density at radius 1 is 1.44 bits per heavy atom. The van der Waals surface area contributed by atoms with E-state index in [9.17, 15) is 8.42 Å². The van der Waals surface area contributed by atoms with E-state index in [0.717, 1.165) is 18.5 Å². The van der Waals surface area contributed by atoms with Crippen LogP contribution in [0.25, 0.3) is 0 Å². The van der Waals surface area contributed by atoms with Crippen molar-refractivity contribution in [3.63, 3.8) is 0 Å². The van der Waals surface area contributed by atoms with E-state index in [-0.39, 0.29) is 0 Å². The van der Waals surface area contributed by atoms with Crippen LogP contribution in [-0.4, -0.2) is 56.3 Å². The van der Waals surface area contributed by atoms with Gasteiger partial charge in [-0.1, -0.05) is 0 Å². The van der Waals surface area contributed by atoms with Gasteiger partial charge in [-0.25, -0.2) is 12.7 Å². The van der Waals surface area contributed by atoms with Gasteiger partial charge in [-0.2, -0.15) is 0 Å². The molecule has 1 fully saturated rings. The van der Waals surface area contributed by atoms with E-state index in [4.69, 9.17) is 5.41 Å². The Kier molecular flexibility index (Phi) is 4.92. The van der Waals surface area contributed by atoms with Gasteiger partial charge in [0.15, 0.2) is 0 Å². The lowest BCUT2D eigenvalue weighted by Gasteiger charge is -2.37. The lowest BCUT2D eigenvalue weighted by molar-refractivity contribution is 0.180. The highest BCUT2D eigenvalue weighted by Crippen LogP contribution is 2.21. The Morgan fingerprint density at radius 3 is 2.44 bits per heavy atom. The van der Waals surface area contributed by atoms with Crippen LogP contribution in [0, 0.1) is 11.3 Å². The normalized spacial score (nSPS) is 18.6. The van der Waals surface area contributed by atoms with Crippen molar-refractivity contribution in [2.24, 2.45) is 5.92 Å². The molecule has 1 aliphatic heterocycles. The summed E-state index contributed by atoms with van der Waals surface area (Å²) in [5, 5.41) is 7.48. The molecule has 6 heteroatoms. The van der Waals surface area contributed by atoms with E-state index in [1.807, 2.05) is 20.2 Å². The second-order valence-electron chi connectivity index (χ2n) is 5.15. The molecule has 1 heterocycles. The molecule has 1 N–H and O–H groups in total. The van der Waals surface area contributed by atoms with Gasteiger partial charge in [-0.15, -0.1) is 0 Å². The van der Waals surface area contributed by atoms with E-state index in [1.165, 1.54) is 10.6 Å². The standard InChI is InChI=1S/C12H23N3O2S/c1-10(11(2)13)7-14(3)6-5-12-8-15(9-12)18(4,16)17/h7,12-13H,5-6,8-9H2,1-4H3/b10-7+,13-11?. The van der Waals surface area contributed by atoms with E-state index < -0.39 is 10.0 Å². The number of rotatable bonds is 6. The van der Waals surface area contributed by atoms with Gasteiger partial charge in [0, 0.05) is 38.6 Å². The highest BCUT2D eigenvalue weighted by atomic mass is 32.2. The third kappa shape index (κ3) is 4.42. The van der Waals surface area contributed by atoms with Crippen LogP contribution in [0.4, 0.5) is 0 Å². The summed E-state index contributed by atoms with van der Waals surface area (Å²) in [4.78, 5) is 2.07. The van der Waals surface area contributed by atoms with E-state index >= 15 is 0 Å². The summed E-state index contributed by atoms with van der Waals surface area (Å²) in [7, 11) is -1.00. The lowest BCUT2D eigenvalue weighted by Crippen LogP contribution is -2.50. The lowest BCUT2D eigenvalue weighted by atomic mass is 9.99. The first-order valence-electron chi connectivity index (χ1n) is 6.09. The van der Waals surface area contributed by atoms with E-state index in [1.54, 1.807) is 6.92 Å². The minimum Gasteiger partial charge on any atom is -0.380 e. The summed E-state index contributed by atoms with van der Waals surface area (Å²) in [5.74, 6) is 0.469. The molecule has 0 bridgehead atoms. The van der Waals surface area contributed by atoms with E-state index in [2.05, 4.69) is 4.90 Å². The van der Waals surface area contributed by atoms with Crippen molar-refractivity contribution in [1.29, 1.82) is 5.41 Å². The van der Waals surface area contributed by atoms with Crippen LogP contribution < -0.4 is 0 Å². The van der Waals surface area contributed by atoms with Gasteiger partial charge in [0.05, 0.1) is 6.26 Å². The first-order valence-corrected chi connectivity index (χ1v) is 7.94. The van der Waals surface area contributed by atoms with Crippen LogP contribution in [0.2, 0.25) is 0 Å². The fourth-order valence-electron chi connectivity index (χ4n) is 1.85. The van der Waals surface area contributed by atoms with Crippen LogP contribution in [0.1, 0.15) is 20.3 Å². The van der Waals surface area contributed by atoms with Crippen LogP contribution in [0.5, 0.6) is 0 Å². The second kappa shape index (κ2) is 5.84. The maximum atomic E-state index is 11.2. The highest BCUT2D eigenvalue weighted by molar-refractivity contribution is 7.88. The van der Waals surface area contributed by atoms with Crippen LogP contribution in [0.3, 0.4) is 0 Å². The van der Waals surface area contributed by atoms with Crippen molar-refractivity contribution in [3.8, 4) is 0 Å². The van der Waals surface area contributed by atoms with Crippen molar-refractivity contribution in [2.45, 2.75) is 20.3 Å². The average molecular weight is 273 g/mol. The predicted molar refractivity (Wildman–Crippen MR) is 74.3 cm³/mol. The molecule has 0 spiro atoms. The van der Waals surface area contributed by atoms with Gasteiger partial charge < -0.3 is 10.3 Å². The molecular weight excluding hydrogens is 250 g/mol. The number of sulfonamides is 1. The van der Waals surface area contributed by atoms with Crippen molar-refractivity contribution >= 4 is 15.7 Å². The summed E-state index contributed by atoms with van der Waals surface area (Å²) >= 11 is 0. The maximum absolute atomic E-state index is 11.2. The molecule has 1 rings (SSSR count). The van der Waals surface area contributed by atoms with Gasteiger partial charge in [-0.05, 0) is 31.8 Å². The van der Waals surface area contributed by atoms with Crippen LogP contribution >= 0.6 is 0 Å². The quantitative estimate of drug-likeness (QED) is 0.738. The zero-order chi connectivity index (χ0) is 13.9. The first kappa shape index (κ1) is 15.2. The Balaban J connectivity index is 2.28. The molecule has 1 aliphatic rings. The number of allylic oxidation sites excluding steroid dienone is 1. The molecule has 0 aromatic carbocycles. The number of nitrogens with zero attached hydrogens (tertiary/aromatic N) is 2. The van der Waals surface area contributed by atoms with Gasteiger partial charge in [0.2, 0.25) is 10.0 Å². The van der Waals surface area contributed by atoms with Crippen molar-refractivity contribution < 1.29 is 8.42 Å². The Bertz CT molecular complexity index is 436. The molecule has 1 saturated heterocycles. The Morgan fingerprint density at radius 2 is 2.00 bits per heavy atom. The minimum absolute atomic E-state index is 0.469. The molecule has 0 atom stereocenters. The number of hydrogen-bond donors (Lipinski definition) is 1. The van der Waals surface area contributed by atoms with Gasteiger partial charge in [-0.3, -0.25) is 0 Å². The molecule has 18 heavy (non-hydrogen) atoms.